The zero-order chi connectivity index (χ0) is 25.5. The largest absolute Gasteiger partial charge is 0.467 e. The van der Waals surface area contributed by atoms with Crippen LogP contribution < -0.4 is 5.32 Å². The minimum absolute atomic E-state index is 0.373. The fraction of sp³-hybridized carbons (Fsp3) is 0.667. The molecule has 194 valence electrons. The van der Waals surface area contributed by atoms with Crippen LogP contribution in [0.3, 0.4) is 0 Å². The number of carbonyl (C=O) groups is 3. The van der Waals surface area contributed by atoms with Gasteiger partial charge in [-0.25, -0.2) is 14.4 Å². The summed E-state index contributed by atoms with van der Waals surface area (Å²) in [6.07, 6.45) is 6.00. The minimum atomic E-state index is -0.907. The van der Waals surface area contributed by atoms with Crippen molar-refractivity contribution >= 4 is 18.2 Å². The summed E-state index contributed by atoms with van der Waals surface area (Å²) in [7, 11) is 1.33. The average molecular weight is 489 g/mol. The first-order chi connectivity index (χ1) is 16.6. The molecule has 8 nitrogen and oxygen atoms in total. The van der Waals surface area contributed by atoms with Gasteiger partial charge in [0, 0.05) is 25.9 Å². The molecule has 1 aromatic carbocycles. The third kappa shape index (κ3) is 7.61. The number of nitrogens with one attached hydrogen (secondary N) is 1. The van der Waals surface area contributed by atoms with E-state index in [-0.39, 0.29) is 6.09 Å². The number of hydrogen-bond acceptors (Lipinski definition) is 6. The molecular formula is C27H40N2O6. The molecule has 1 saturated heterocycles. The highest BCUT2D eigenvalue weighted by molar-refractivity contribution is 5.81. The number of nitrogens with zero attached hydrogens (tertiary/aromatic N) is 1. The molecular weight excluding hydrogens is 448 g/mol. The molecule has 2 amide bonds. The number of amides is 2. The van der Waals surface area contributed by atoms with Crippen LogP contribution >= 0.6 is 0 Å². The van der Waals surface area contributed by atoms with Crippen molar-refractivity contribution in [3.63, 3.8) is 0 Å². The van der Waals surface area contributed by atoms with Crippen LogP contribution in [-0.4, -0.2) is 54.9 Å². The van der Waals surface area contributed by atoms with E-state index < -0.39 is 29.3 Å². The molecule has 1 aromatic rings. The molecule has 1 saturated carbocycles. The topological polar surface area (TPSA) is 94.2 Å². The van der Waals surface area contributed by atoms with Crippen molar-refractivity contribution in [1.29, 1.82) is 0 Å². The third-order valence-corrected chi connectivity index (χ3v) is 6.88. The van der Waals surface area contributed by atoms with Crippen LogP contribution in [-0.2, 0) is 24.6 Å². The lowest BCUT2D eigenvalue weighted by Gasteiger charge is -2.41. The highest BCUT2D eigenvalue weighted by Crippen LogP contribution is 2.37. The van der Waals surface area contributed by atoms with Crippen molar-refractivity contribution in [2.24, 2.45) is 5.92 Å². The number of benzene rings is 1. The van der Waals surface area contributed by atoms with E-state index in [2.05, 4.69) is 5.32 Å². The number of alkyl carbamates (subject to hydrolysis) is 1. The predicted octanol–water partition coefficient (Wildman–Crippen LogP) is 5.15. The predicted molar refractivity (Wildman–Crippen MR) is 132 cm³/mol. The molecule has 1 atom stereocenters. The van der Waals surface area contributed by atoms with Gasteiger partial charge < -0.3 is 24.4 Å². The third-order valence-electron chi connectivity index (χ3n) is 6.88. The van der Waals surface area contributed by atoms with Gasteiger partial charge in [-0.3, -0.25) is 0 Å². The van der Waals surface area contributed by atoms with E-state index in [9.17, 15) is 14.4 Å². The molecule has 0 unspecified atom stereocenters. The van der Waals surface area contributed by atoms with E-state index in [4.69, 9.17) is 14.2 Å². The molecule has 1 aliphatic heterocycles. The van der Waals surface area contributed by atoms with Crippen LogP contribution in [0.5, 0.6) is 0 Å². The number of ether oxygens (including phenoxy) is 3. The van der Waals surface area contributed by atoms with E-state index in [1.54, 1.807) is 4.90 Å². The Balaban J connectivity index is 1.70. The van der Waals surface area contributed by atoms with Crippen LogP contribution in [0.4, 0.5) is 9.59 Å². The number of rotatable bonds is 6. The van der Waals surface area contributed by atoms with Gasteiger partial charge in [0.05, 0.1) is 7.11 Å². The second-order valence-electron chi connectivity index (χ2n) is 10.7. The Morgan fingerprint density at radius 2 is 1.69 bits per heavy atom. The van der Waals surface area contributed by atoms with Crippen molar-refractivity contribution in [2.45, 2.75) is 89.4 Å². The standard InChI is InChI=1S/C27H40N2O6/c1-26(2,3)35-25(32)29-17-15-27(16-18-29,21-13-9-6-10-14-21)34-24(31)28-22(23(30)33-4)19-20-11-7-5-8-12-20/h6,9-10,13-14,20,22H,5,7-8,11-12,15-19H2,1-4H3,(H,28,31)/t22-/m0/s1. The molecule has 0 radical (unpaired) electrons. The number of hydrogen-bond donors (Lipinski definition) is 1. The van der Waals surface area contributed by atoms with Crippen molar-refractivity contribution in [3.8, 4) is 0 Å². The van der Waals surface area contributed by atoms with Crippen molar-refractivity contribution in [3.05, 3.63) is 35.9 Å². The molecule has 1 aliphatic carbocycles. The van der Waals surface area contributed by atoms with Crippen LogP contribution in [0, 0.1) is 5.92 Å². The smallest absolute Gasteiger partial charge is 0.410 e. The van der Waals surface area contributed by atoms with Gasteiger partial charge in [-0.2, -0.15) is 0 Å². The number of carbonyl (C=O) groups excluding carboxylic acids is 3. The summed E-state index contributed by atoms with van der Waals surface area (Å²) in [6, 6.07) is 8.82. The van der Waals surface area contributed by atoms with Gasteiger partial charge in [-0.15, -0.1) is 0 Å². The van der Waals surface area contributed by atoms with Crippen molar-refractivity contribution in [2.75, 3.05) is 20.2 Å². The molecule has 3 rings (SSSR count). The summed E-state index contributed by atoms with van der Waals surface area (Å²) in [6.45, 7) is 6.28. The highest BCUT2D eigenvalue weighted by Gasteiger charge is 2.42. The Bertz CT molecular complexity index is 852. The molecule has 2 fully saturated rings. The molecule has 35 heavy (non-hydrogen) atoms. The second-order valence-corrected chi connectivity index (χ2v) is 10.7. The first kappa shape index (κ1) is 26.8. The Hall–Kier alpha value is -2.77. The molecule has 1 heterocycles. The number of esters is 1. The number of likely N-dealkylation sites (tertiary alicyclic amines) is 1. The first-order valence-corrected chi connectivity index (χ1v) is 12.7. The zero-order valence-electron chi connectivity index (χ0n) is 21.5. The summed E-state index contributed by atoms with van der Waals surface area (Å²) < 4.78 is 16.6. The van der Waals surface area contributed by atoms with Crippen LogP contribution in [0.25, 0.3) is 0 Å². The molecule has 1 N–H and O–H groups in total. The minimum Gasteiger partial charge on any atom is -0.467 e. The van der Waals surface area contributed by atoms with Gasteiger partial charge in [-0.1, -0.05) is 62.4 Å². The quantitative estimate of drug-likeness (QED) is 0.440. The fourth-order valence-electron chi connectivity index (χ4n) is 5.03. The molecule has 8 heteroatoms. The summed E-state index contributed by atoms with van der Waals surface area (Å²) in [4.78, 5) is 39.8. The number of methoxy groups -OCH3 is 1. The molecule has 0 spiro atoms. The van der Waals surface area contributed by atoms with E-state index in [1.165, 1.54) is 13.5 Å². The molecule has 0 aromatic heterocycles. The molecule has 0 bridgehead atoms. The maximum absolute atomic E-state index is 13.1. The van der Waals surface area contributed by atoms with Crippen LogP contribution in [0.15, 0.2) is 30.3 Å². The van der Waals surface area contributed by atoms with Gasteiger partial charge >= 0.3 is 18.2 Å². The molecule has 2 aliphatic rings. The van der Waals surface area contributed by atoms with Gasteiger partial charge in [0.15, 0.2) is 0 Å². The van der Waals surface area contributed by atoms with Crippen molar-refractivity contribution in [1.82, 2.24) is 10.2 Å². The second kappa shape index (κ2) is 11.8. The van der Waals surface area contributed by atoms with Crippen LogP contribution in [0.2, 0.25) is 0 Å². The van der Waals surface area contributed by atoms with Gasteiger partial charge in [0.1, 0.15) is 17.2 Å². The summed E-state index contributed by atoms with van der Waals surface area (Å²) in [5.74, 6) is -0.0747. The highest BCUT2D eigenvalue weighted by atomic mass is 16.6. The monoisotopic (exact) mass is 488 g/mol. The van der Waals surface area contributed by atoms with Gasteiger partial charge in [0.2, 0.25) is 0 Å². The lowest BCUT2D eigenvalue weighted by molar-refractivity contribution is -0.143. The van der Waals surface area contributed by atoms with Gasteiger partial charge in [-0.05, 0) is 38.7 Å². The Kier molecular flexibility index (Phi) is 9.03. The van der Waals surface area contributed by atoms with E-state index >= 15 is 0 Å². The van der Waals surface area contributed by atoms with E-state index in [0.29, 0.717) is 38.3 Å². The lowest BCUT2D eigenvalue weighted by atomic mass is 9.84. The fourth-order valence-corrected chi connectivity index (χ4v) is 5.03. The van der Waals surface area contributed by atoms with Crippen LogP contribution in [0.1, 0.15) is 77.7 Å². The maximum Gasteiger partial charge on any atom is 0.410 e. The first-order valence-electron chi connectivity index (χ1n) is 12.7. The normalized spacial score (nSPS) is 19.4. The van der Waals surface area contributed by atoms with Gasteiger partial charge in [0.25, 0.3) is 0 Å². The summed E-state index contributed by atoms with van der Waals surface area (Å²) in [5, 5.41) is 2.78. The van der Waals surface area contributed by atoms with Crippen molar-refractivity contribution < 1.29 is 28.6 Å². The summed E-state index contributed by atoms with van der Waals surface area (Å²) >= 11 is 0. The number of piperidine rings is 1. The SMILES string of the molecule is COC(=O)[C@H](CC1CCCCC1)NC(=O)OC1(c2ccccc2)CCN(C(=O)OC(C)(C)C)CC1. The average Bonchev–Trinajstić information content (AvgIpc) is 2.83. The Labute approximate surface area is 208 Å². The van der Waals surface area contributed by atoms with E-state index in [1.807, 2.05) is 51.1 Å². The Morgan fingerprint density at radius 3 is 2.26 bits per heavy atom. The van der Waals surface area contributed by atoms with E-state index in [0.717, 1.165) is 31.2 Å². The maximum atomic E-state index is 13.1. The zero-order valence-corrected chi connectivity index (χ0v) is 21.5. The lowest BCUT2D eigenvalue weighted by Crippen LogP contribution is -2.51. The summed E-state index contributed by atoms with van der Waals surface area (Å²) in [5.41, 5.74) is -0.626. The Morgan fingerprint density at radius 1 is 1.06 bits per heavy atom.